The summed E-state index contributed by atoms with van der Waals surface area (Å²) in [5.41, 5.74) is 2.54. The van der Waals surface area contributed by atoms with Crippen LogP contribution in [0.2, 0.25) is 0 Å². The zero-order valence-electron chi connectivity index (χ0n) is 7.73. The molecule has 0 unspecified atom stereocenters. The zero-order chi connectivity index (χ0) is 9.80. The lowest BCUT2D eigenvalue weighted by atomic mass is 10.1. The Balaban J connectivity index is 2.32. The van der Waals surface area contributed by atoms with Gasteiger partial charge in [0, 0.05) is 0 Å². The molecule has 0 bridgehead atoms. The first-order chi connectivity index (χ1) is 6.90. The molecule has 0 saturated carbocycles. The number of hydrogen-bond acceptors (Lipinski definition) is 3. The van der Waals surface area contributed by atoms with Crippen molar-refractivity contribution in [2.75, 3.05) is 13.2 Å². The van der Waals surface area contributed by atoms with E-state index in [9.17, 15) is 0 Å². The minimum absolute atomic E-state index is 0.467. The van der Waals surface area contributed by atoms with Crippen LogP contribution in [0.25, 0.3) is 5.57 Å². The van der Waals surface area contributed by atoms with Gasteiger partial charge in [-0.25, -0.2) is 4.98 Å². The van der Waals surface area contributed by atoms with Gasteiger partial charge in [0.2, 0.25) is 0 Å². The van der Waals surface area contributed by atoms with Gasteiger partial charge in [-0.1, -0.05) is 12.1 Å². The number of nitrogens with zero attached hydrogens (tertiary/aromatic N) is 2. The van der Waals surface area contributed by atoms with Crippen LogP contribution in [-0.2, 0) is 4.74 Å². The largest absolute Gasteiger partial charge is 0.377 e. The van der Waals surface area contributed by atoms with Gasteiger partial charge < -0.3 is 4.74 Å². The second-order valence-corrected chi connectivity index (χ2v) is 3.07. The summed E-state index contributed by atoms with van der Waals surface area (Å²) >= 11 is 0. The van der Waals surface area contributed by atoms with Gasteiger partial charge in [-0.2, -0.15) is 5.26 Å². The molecule has 1 aromatic rings. The lowest BCUT2D eigenvalue weighted by Crippen LogP contribution is -2.05. The maximum absolute atomic E-state index is 8.70. The van der Waals surface area contributed by atoms with E-state index in [4.69, 9.17) is 10.00 Å². The molecule has 2 heterocycles. The first kappa shape index (κ1) is 8.92. The second-order valence-electron chi connectivity index (χ2n) is 3.07. The average Bonchev–Trinajstić information content (AvgIpc) is 2.30. The van der Waals surface area contributed by atoms with Crippen molar-refractivity contribution in [3.8, 4) is 6.07 Å². The molecule has 3 heteroatoms. The Bertz CT molecular complexity index is 404. The molecule has 1 aliphatic rings. The van der Waals surface area contributed by atoms with Gasteiger partial charge in [-0.05, 0) is 24.1 Å². The minimum atomic E-state index is 0.467. The number of rotatable bonds is 1. The van der Waals surface area contributed by atoms with Crippen LogP contribution in [0.5, 0.6) is 0 Å². The fourth-order valence-electron chi connectivity index (χ4n) is 1.44. The standard InChI is InChI=1S/C11H10N2O/c12-8-10-2-1-3-11(13-10)9-4-6-14-7-5-9/h1-4H,5-7H2. The van der Waals surface area contributed by atoms with E-state index in [1.807, 2.05) is 24.3 Å². The first-order valence-corrected chi connectivity index (χ1v) is 4.54. The molecule has 1 aliphatic heterocycles. The van der Waals surface area contributed by atoms with Crippen molar-refractivity contribution in [2.45, 2.75) is 6.42 Å². The zero-order valence-corrected chi connectivity index (χ0v) is 7.73. The van der Waals surface area contributed by atoms with Crippen LogP contribution < -0.4 is 0 Å². The van der Waals surface area contributed by atoms with E-state index >= 15 is 0 Å². The molecule has 0 spiro atoms. The number of ether oxygens (including phenoxy) is 1. The van der Waals surface area contributed by atoms with E-state index in [0.29, 0.717) is 12.3 Å². The molecule has 0 aromatic carbocycles. The Morgan fingerprint density at radius 3 is 3.07 bits per heavy atom. The predicted octanol–water partition coefficient (Wildman–Crippen LogP) is 1.76. The molecule has 0 radical (unpaired) electrons. The Morgan fingerprint density at radius 2 is 2.36 bits per heavy atom. The van der Waals surface area contributed by atoms with E-state index in [1.165, 1.54) is 5.57 Å². The van der Waals surface area contributed by atoms with Gasteiger partial charge in [-0.3, -0.25) is 0 Å². The highest BCUT2D eigenvalue weighted by atomic mass is 16.5. The number of pyridine rings is 1. The third-order valence-electron chi connectivity index (χ3n) is 2.16. The van der Waals surface area contributed by atoms with Gasteiger partial charge in [0.15, 0.2) is 0 Å². The predicted molar refractivity (Wildman–Crippen MR) is 52.4 cm³/mol. The van der Waals surface area contributed by atoms with Gasteiger partial charge in [-0.15, -0.1) is 0 Å². The molecule has 0 fully saturated rings. The SMILES string of the molecule is N#Cc1cccc(C2=CCOCC2)n1. The third-order valence-corrected chi connectivity index (χ3v) is 2.16. The first-order valence-electron chi connectivity index (χ1n) is 4.54. The lowest BCUT2D eigenvalue weighted by Gasteiger charge is -2.12. The van der Waals surface area contributed by atoms with E-state index < -0.39 is 0 Å². The molecule has 0 atom stereocenters. The molecule has 14 heavy (non-hydrogen) atoms. The summed E-state index contributed by atoms with van der Waals surface area (Å²) in [4.78, 5) is 4.23. The molecule has 2 rings (SSSR count). The normalized spacial score (nSPS) is 15.8. The maximum atomic E-state index is 8.70. The fraction of sp³-hybridized carbons (Fsp3) is 0.273. The summed E-state index contributed by atoms with van der Waals surface area (Å²) < 4.78 is 5.21. The number of hydrogen-bond donors (Lipinski definition) is 0. The summed E-state index contributed by atoms with van der Waals surface area (Å²) in [6, 6.07) is 7.54. The van der Waals surface area contributed by atoms with Gasteiger partial charge in [0.1, 0.15) is 11.8 Å². The van der Waals surface area contributed by atoms with Crippen LogP contribution in [0, 0.1) is 11.3 Å². The number of aromatic nitrogens is 1. The van der Waals surface area contributed by atoms with Crippen LogP contribution in [0.15, 0.2) is 24.3 Å². The highest BCUT2D eigenvalue weighted by Crippen LogP contribution is 2.19. The summed E-state index contributed by atoms with van der Waals surface area (Å²) in [6.45, 7) is 1.39. The van der Waals surface area contributed by atoms with Crippen LogP contribution in [0.4, 0.5) is 0 Å². The van der Waals surface area contributed by atoms with Crippen LogP contribution in [-0.4, -0.2) is 18.2 Å². The Labute approximate surface area is 82.7 Å². The van der Waals surface area contributed by atoms with Crippen molar-refractivity contribution in [2.24, 2.45) is 0 Å². The van der Waals surface area contributed by atoms with E-state index in [-0.39, 0.29) is 0 Å². The minimum Gasteiger partial charge on any atom is -0.377 e. The molecular formula is C11H10N2O. The van der Waals surface area contributed by atoms with Gasteiger partial charge in [0.25, 0.3) is 0 Å². The topological polar surface area (TPSA) is 45.9 Å². The maximum Gasteiger partial charge on any atom is 0.141 e. The van der Waals surface area contributed by atoms with Gasteiger partial charge in [0.05, 0.1) is 18.9 Å². The monoisotopic (exact) mass is 186 g/mol. The highest BCUT2D eigenvalue weighted by Gasteiger charge is 2.07. The molecule has 0 aliphatic carbocycles. The molecule has 70 valence electrons. The summed E-state index contributed by atoms with van der Waals surface area (Å²) in [5, 5.41) is 8.70. The average molecular weight is 186 g/mol. The number of nitriles is 1. The molecule has 0 saturated heterocycles. The van der Waals surface area contributed by atoms with Crippen molar-refractivity contribution in [1.82, 2.24) is 4.98 Å². The van der Waals surface area contributed by atoms with Gasteiger partial charge >= 0.3 is 0 Å². The highest BCUT2D eigenvalue weighted by molar-refractivity contribution is 5.63. The Kier molecular flexibility index (Phi) is 2.57. The van der Waals surface area contributed by atoms with E-state index in [2.05, 4.69) is 4.98 Å². The molecule has 3 nitrogen and oxygen atoms in total. The summed E-state index contributed by atoms with van der Waals surface area (Å²) in [7, 11) is 0. The van der Waals surface area contributed by atoms with Crippen LogP contribution in [0.1, 0.15) is 17.8 Å². The van der Waals surface area contributed by atoms with Crippen molar-refractivity contribution < 1.29 is 4.74 Å². The molecular weight excluding hydrogens is 176 g/mol. The van der Waals surface area contributed by atoms with Crippen molar-refractivity contribution in [3.05, 3.63) is 35.7 Å². The van der Waals surface area contributed by atoms with Crippen LogP contribution >= 0.6 is 0 Å². The van der Waals surface area contributed by atoms with E-state index in [0.717, 1.165) is 18.7 Å². The Hall–Kier alpha value is -1.66. The Morgan fingerprint density at radius 1 is 1.43 bits per heavy atom. The lowest BCUT2D eigenvalue weighted by molar-refractivity contribution is 0.161. The molecule has 1 aromatic heterocycles. The quantitative estimate of drug-likeness (QED) is 0.671. The molecule has 0 amide bonds. The fourth-order valence-corrected chi connectivity index (χ4v) is 1.44. The van der Waals surface area contributed by atoms with Crippen molar-refractivity contribution in [1.29, 1.82) is 5.26 Å². The van der Waals surface area contributed by atoms with Crippen LogP contribution in [0.3, 0.4) is 0 Å². The second kappa shape index (κ2) is 4.03. The summed E-state index contributed by atoms with van der Waals surface area (Å²) in [6.07, 6.45) is 2.90. The molecule has 0 N–H and O–H groups in total. The summed E-state index contributed by atoms with van der Waals surface area (Å²) in [5.74, 6) is 0. The third kappa shape index (κ3) is 1.81. The van der Waals surface area contributed by atoms with E-state index in [1.54, 1.807) is 6.07 Å². The smallest absolute Gasteiger partial charge is 0.141 e. The van der Waals surface area contributed by atoms with Crippen molar-refractivity contribution in [3.63, 3.8) is 0 Å². The van der Waals surface area contributed by atoms with Crippen molar-refractivity contribution >= 4 is 5.57 Å².